The Morgan fingerprint density at radius 1 is 1.41 bits per heavy atom. The summed E-state index contributed by atoms with van der Waals surface area (Å²) in [7, 11) is 1.80. The highest BCUT2D eigenvalue weighted by molar-refractivity contribution is 4.82. The summed E-state index contributed by atoms with van der Waals surface area (Å²) in [6.07, 6.45) is 1.29. The second-order valence-corrected chi connectivity index (χ2v) is 6.54. The van der Waals surface area contributed by atoms with E-state index in [0.717, 1.165) is 19.1 Å². The normalized spacial score (nSPS) is 22.6. The lowest BCUT2D eigenvalue weighted by Crippen LogP contribution is -2.41. The monoisotopic (exact) mass is 242 g/mol. The molecule has 1 heterocycles. The van der Waals surface area contributed by atoms with Crippen LogP contribution in [-0.4, -0.2) is 50.8 Å². The van der Waals surface area contributed by atoms with Crippen LogP contribution in [0.15, 0.2) is 0 Å². The lowest BCUT2D eigenvalue weighted by Gasteiger charge is -2.31. The minimum Gasteiger partial charge on any atom is -0.384 e. The van der Waals surface area contributed by atoms with Crippen LogP contribution in [0.5, 0.6) is 0 Å². The predicted octanol–water partition coefficient (Wildman–Crippen LogP) is 1.98. The van der Waals surface area contributed by atoms with E-state index in [2.05, 4.69) is 37.9 Å². The first-order chi connectivity index (χ1) is 7.93. The highest BCUT2D eigenvalue weighted by Gasteiger charge is 2.27. The summed E-state index contributed by atoms with van der Waals surface area (Å²) in [4.78, 5) is 2.59. The first-order valence-electron chi connectivity index (χ1n) is 6.87. The summed E-state index contributed by atoms with van der Waals surface area (Å²) in [6.45, 7) is 14.8. The summed E-state index contributed by atoms with van der Waals surface area (Å²) in [6, 6.07) is 0.578. The molecular weight excluding hydrogens is 212 g/mol. The summed E-state index contributed by atoms with van der Waals surface area (Å²) in [5, 5.41) is 3.54. The quantitative estimate of drug-likeness (QED) is 0.739. The lowest BCUT2D eigenvalue weighted by molar-refractivity contribution is 0.144. The van der Waals surface area contributed by atoms with Crippen LogP contribution in [0, 0.1) is 11.3 Å². The molecule has 0 aromatic heterocycles. The van der Waals surface area contributed by atoms with Crippen LogP contribution < -0.4 is 5.32 Å². The highest BCUT2D eigenvalue weighted by atomic mass is 16.5. The van der Waals surface area contributed by atoms with Gasteiger partial charge in [0.25, 0.3) is 0 Å². The molecule has 3 nitrogen and oxygen atoms in total. The van der Waals surface area contributed by atoms with E-state index in [1.165, 1.54) is 26.1 Å². The van der Waals surface area contributed by atoms with Gasteiger partial charge >= 0.3 is 0 Å². The van der Waals surface area contributed by atoms with Gasteiger partial charge in [-0.05, 0) is 24.3 Å². The van der Waals surface area contributed by atoms with E-state index in [4.69, 9.17) is 4.74 Å². The Bertz CT molecular complexity index is 216. The average molecular weight is 242 g/mol. The van der Waals surface area contributed by atoms with Gasteiger partial charge in [0, 0.05) is 32.8 Å². The largest absolute Gasteiger partial charge is 0.384 e. The Morgan fingerprint density at radius 2 is 2.12 bits per heavy atom. The van der Waals surface area contributed by atoms with Crippen LogP contribution in [0.2, 0.25) is 0 Å². The molecule has 0 radical (unpaired) electrons. The van der Waals surface area contributed by atoms with Crippen LogP contribution in [0.4, 0.5) is 0 Å². The number of hydrogen-bond donors (Lipinski definition) is 1. The summed E-state index contributed by atoms with van der Waals surface area (Å²) in [5.74, 6) is 0.744. The number of nitrogens with zero attached hydrogens (tertiary/aromatic N) is 1. The molecule has 0 aromatic rings. The molecule has 0 aromatic carbocycles. The Hall–Kier alpha value is -0.120. The van der Waals surface area contributed by atoms with Crippen molar-refractivity contribution in [2.24, 2.45) is 11.3 Å². The Balaban J connectivity index is 2.28. The van der Waals surface area contributed by atoms with E-state index in [9.17, 15) is 0 Å². The van der Waals surface area contributed by atoms with Crippen LogP contribution >= 0.6 is 0 Å². The van der Waals surface area contributed by atoms with Crippen LogP contribution in [0.3, 0.4) is 0 Å². The second-order valence-electron chi connectivity index (χ2n) is 6.54. The van der Waals surface area contributed by atoms with Crippen molar-refractivity contribution in [2.75, 3.05) is 39.9 Å². The Kier molecular flexibility index (Phi) is 5.90. The number of hydrogen-bond acceptors (Lipinski definition) is 3. The maximum Gasteiger partial charge on any atom is 0.0503 e. The summed E-state index contributed by atoms with van der Waals surface area (Å²) >= 11 is 0. The van der Waals surface area contributed by atoms with E-state index in [-0.39, 0.29) is 0 Å². The molecule has 1 atom stereocenters. The molecular formula is C14H30N2O. The second kappa shape index (κ2) is 6.72. The van der Waals surface area contributed by atoms with Gasteiger partial charge < -0.3 is 15.0 Å². The van der Waals surface area contributed by atoms with Crippen LogP contribution in [0.25, 0.3) is 0 Å². The fourth-order valence-electron chi connectivity index (χ4n) is 2.57. The van der Waals surface area contributed by atoms with Crippen molar-refractivity contribution < 1.29 is 4.74 Å². The van der Waals surface area contributed by atoms with Gasteiger partial charge in [-0.3, -0.25) is 0 Å². The number of likely N-dealkylation sites (tertiary alicyclic amines) is 1. The maximum atomic E-state index is 5.24. The Labute approximate surface area is 107 Å². The van der Waals surface area contributed by atoms with Crippen molar-refractivity contribution in [1.82, 2.24) is 10.2 Å². The lowest BCUT2D eigenvalue weighted by atomic mass is 9.92. The molecule has 0 saturated carbocycles. The van der Waals surface area contributed by atoms with E-state index in [0.29, 0.717) is 11.5 Å². The number of rotatable bonds is 7. The van der Waals surface area contributed by atoms with E-state index in [1.807, 2.05) is 0 Å². The third-order valence-corrected chi connectivity index (χ3v) is 3.41. The molecule has 102 valence electrons. The molecule has 3 heteroatoms. The topological polar surface area (TPSA) is 24.5 Å². The average Bonchev–Trinajstić information content (AvgIpc) is 2.63. The van der Waals surface area contributed by atoms with E-state index < -0.39 is 0 Å². The van der Waals surface area contributed by atoms with Gasteiger partial charge in [-0.15, -0.1) is 0 Å². The molecule has 0 spiro atoms. The van der Waals surface area contributed by atoms with Crippen LogP contribution in [-0.2, 0) is 4.74 Å². The Morgan fingerprint density at radius 3 is 2.71 bits per heavy atom. The van der Waals surface area contributed by atoms with Gasteiger partial charge in [-0.1, -0.05) is 27.7 Å². The molecule has 17 heavy (non-hydrogen) atoms. The molecule has 1 unspecified atom stereocenters. The van der Waals surface area contributed by atoms with Gasteiger partial charge in [-0.25, -0.2) is 0 Å². The smallest absolute Gasteiger partial charge is 0.0503 e. The van der Waals surface area contributed by atoms with Gasteiger partial charge in [0.2, 0.25) is 0 Å². The van der Waals surface area contributed by atoms with E-state index in [1.54, 1.807) is 7.11 Å². The van der Waals surface area contributed by atoms with Gasteiger partial charge in [0.05, 0.1) is 6.61 Å². The predicted molar refractivity (Wildman–Crippen MR) is 73.3 cm³/mol. The molecule has 1 saturated heterocycles. The van der Waals surface area contributed by atoms with Crippen molar-refractivity contribution in [1.29, 1.82) is 0 Å². The number of ether oxygens (including phenoxy) is 1. The molecule has 0 aliphatic carbocycles. The van der Waals surface area contributed by atoms with Gasteiger partial charge in [0.1, 0.15) is 0 Å². The molecule has 0 amide bonds. The molecule has 1 fully saturated rings. The molecule has 0 bridgehead atoms. The number of methoxy groups -OCH3 is 1. The van der Waals surface area contributed by atoms with Gasteiger partial charge in [0.15, 0.2) is 0 Å². The minimum absolute atomic E-state index is 0.353. The molecule has 1 N–H and O–H groups in total. The van der Waals surface area contributed by atoms with Crippen molar-refractivity contribution in [3.8, 4) is 0 Å². The van der Waals surface area contributed by atoms with Gasteiger partial charge in [-0.2, -0.15) is 0 Å². The zero-order valence-electron chi connectivity index (χ0n) is 12.3. The van der Waals surface area contributed by atoms with Crippen LogP contribution in [0.1, 0.15) is 34.1 Å². The maximum absolute atomic E-state index is 5.24. The summed E-state index contributed by atoms with van der Waals surface area (Å²) < 4.78 is 5.24. The van der Waals surface area contributed by atoms with Crippen molar-refractivity contribution >= 4 is 0 Å². The number of nitrogens with one attached hydrogen (secondary N) is 1. The first-order valence-corrected chi connectivity index (χ1v) is 6.87. The van der Waals surface area contributed by atoms with Crippen molar-refractivity contribution in [2.45, 2.75) is 40.2 Å². The minimum atomic E-state index is 0.353. The fraction of sp³-hybridized carbons (Fsp3) is 1.00. The summed E-state index contributed by atoms with van der Waals surface area (Å²) in [5.41, 5.74) is 0.353. The fourth-order valence-corrected chi connectivity index (χ4v) is 2.57. The third-order valence-electron chi connectivity index (χ3n) is 3.41. The first kappa shape index (κ1) is 14.9. The molecule has 1 aliphatic heterocycles. The zero-order valence-corrected chi connectivity index (χ0v) is 12.3. The molecule has 1 aliphatic rings. The third kappa shape index (κ3) is 5.84. The standard InChI is InChI=1S/C14H30N2O/c1-12(2)15-10-14(3,4)11-16-7-6-13(8-16)9-17-5/h12-13,15H,6-11H2,1-5H3. The highest BCUT2D eigenvalue weighted by Crippen LogP contribution is 2.22. The zero-order chi connectivity index (χ0) is 12.9. The SMILES string of the molecule is COCC1CCN(CC(C)(C)CNC(C)C)C1. The van der Waals surface area contributed by atoms with E-state index >= 15 is 0 Å². The van der Waals surface area contributed by atoms with Crippen molar-refractivity contribution in [3.63, 3.8) is 0 Å². The van der Waals surface area contributed by atoms with Crippen molar-refractivity contribution in [3.05, 3.63) is 0 Å². The molecule has 1 rings (SSSR count).